The molecule has 8 nitrogen and oxygen atoms in total. The number of ketones is 1. The van der Waals surface area contributed by atoms with E-state index in [9.17, 15) is 14.4 Å². The van der Waals surface area contributed by atoms with Gasteiger partial charge in [-0.3, -0.25) is 14.4 Å². The lowest BCUT2D eigenvalue weighted by Crippen LogP contribution is -2.38. The minimum atomic E-state index is -0.252. The van der Waals surface area contributed by atoms with Gasteiger partial charge in [0.25, 0.3) is 5.24 Å². The lowest BCUT2D eigenvalue weighted by molar-refractivity contribution is -0.114. The number of carbonyl (C=O) groups excluding carboxylic acids is 3. The minimum Gasteiger partial charge on any atom is -0.355 e. The summed E-state index contributed by atoms with van der Waals surface area (Å²) < 4.78 is -0.252. The number of nitrogens with zero attached hydrogens (tertiary/aromatic N) is 2. The molecule has 0 atom stereocenters. The number of aromatic amines is 1. The summed E-state index contributed by atoms with van der Waals surface area (Å²) >= 11 is 1.21. The smallest absolute Gasteiger partial charge is 0.282 e. The first-order chi connectivity index (χ1) is 16.1. The van der Waals surface area contributed by atoms with E-state index in [1.165, 1.54) is 18.7 Å². The van der Waals surface area contributed by atoms with Crippen molar-refractivity contribution in [2.45, 2.75) is 39.0 Å². The van der Waals surface area contributed by atoms with E-state index >= 15 is 0 Å². The largest absolute Gasteiger partial charge is 0.355 e. The summed E-state index contributed by atoms with van der Waals surface area (Å²) in [7, 11) is 0. The molecule has 0 unspecified atom stereocenters. The molecule has 0 saturated heterocycles. The second kappa shape index (κ2) is 9.34. The van der Waals surface area contributed by atoms with E-state index in [-0.39, 0.29) is 28.2 Å². The average molecular weight is 478 g/mol. The van der Waals surface area contributed by atoms with Gasteiger partial charge in [0.2, 0.25) is 5.91 Å². The van der Waals surface area contributed by atoms with Gasteiger partial charge in [-0.1, -0.05) is 50.7 Å². The highest BCUT2D eigenvalue weighted by Gasteiger charge is 2.34. The topological polar surface area (TPSA) is 107 Å². The van der Waals surface area contributed by atoms with Gasteiger partial charge in [0, 0.05) is 34.8 Å². The molecule has 0 fully saturated rings. The molecule has 176 valence electrons. The number of thioether (sulfide) groups is 1. The summed E-state index contributed by atoms with van der Waals surface area (Å²) in [5.74, 6) is 0.0490. The van der Waals surface area contributed by atoms with Gasteiger partial charge in [0.15, 0.2) is 5.78 Å². The maximum absolute atomic E-state index is 13.3. The highest BCUT2D eigenvalue weighted by atomic mass is 32.2. The number of carbonyl (C=O) groups is 3. The van der Waals surface area contributed by atoms with Crippen LogP contribution in [0.3, 0.4) is 0 Å². The van der Waals surface area contributed by atoms with Crippen molar-refractivity contribution in [3.05, 3.63) is 59.9 Å². The minimum absolute atomic E-state index is 0.0170. The summed E-state index contributed by atoms with van der Waals surface area (Å²) in [4.78, 5) is 46.8. The van der Waals surface area contributed by atoms with E-state index in [1.807, 2.05) is 57.2 Å². The van der Waals surface area contributed by atoms with E-state index in [4.69, 9.17) is 0 Å². The average Bonchev–Trinajstić information content (AvgIpc) is 3.12. The number of benzene rings is 1. The van der Waals surface area contributed by atoms with E-state index in [0.717, 1.165) is 11.3 Å². The zero-order valence-corrected chi connectivity index (χ0v) is 20.4. The summed E-state index contributed by atoms with van der Waals surface area (Å²) in [5, 5.41) is 5.95. The Morgan fingerprint density at radius 1 is 1.12 bits per heavy atom. The summed E-state index contributed by atoms with van der Waals surface area (Å²) in [6.45, 7) is 7.65. The molecule has 0 saturated carbocycles. The molecule has 9 heteroatoms. The normalized spacial score (nSPS) is 13.4. The number of aromatic nitrogens is 2. The van der Waals surface area contributed by atoms with Crippen molar-refractivity contribution >= 4 is 45.9 Å². The molecule has 34 heavy (non-hydrogen) atoms. The molecule has 1 aliphatic heterocycles. The van der Waals surface area contributed by atoms with Crippen molar-refractivity contribution in [2.24, 2.45) is 0 Å². The number of H-pyrrole nitrogens is 1. The van der Waals surface area contributed by atoms with Crippen LogP contribution >= 0.6 is 11.8 Å². The first-order valence-electron chi connectivity index (χ1n) is 10.9. The number of para-hydroxylation sites is 1. The molecular formula is C25H27N5O3S. The summed E-state index contributed by atoms with van der Waals surface area (Å²) in [6.07, 6.45) is 1.60. The van der Waals surface area contributed by atoms with Gasteiger partial charge in [-0.05, 0) is 24.3 Å². The third-order valence-electron chi connectivity index (χ3n) is 5.09. The Hall–Kier alpha value is -3.59. The van der Waals surface area contributed by atoms with Gasteiger partial charge in [0.1, 0.15) is 5.82 Å². The quantitative estimate of drug-likeness (QED) is 0.463. The van der Waals surface area contributed by atoms with Crippen LogP contribution in [0.15, 0.2) is 48.7 Å². The lowest BCUT2D eigenvalue weighted by atomic mass is 10.0. The lowest BCUT2D eigenvalue weighted by Gasteiger charge is -2.28. The molecule has 0 aliphatic carbocycles. The van der Waals surface area contributed by atoms with Crippen molar-refractivity contribution < 1.29 is 14.4 Å². The Morgan fingerprint density at radius 3 is 2.53 bits per heavy atom. The van der Waals surface area contributed by atoms with Gasteiger partial charge < -0.3 is 20.5 Å². The molecule has 1 aliphatic rings. The molecule has 3 aromatic rings. The number of pyridine rings is 1. The molecular weight excluding hydrogens is 450 g/mol. The fourth-order valence-corrected chi connectivity index (χ4v) is 4.56. The van der Waals surface area contributed by atoms with E-state index in [2.05, 4.69) is 20.6 Å². The van der Waals surface area contributed by atoms with Crippen molar-refractivity contribution in [1.29, 1.82) is 0 Å². The van der Waals surface area contributed by atoms with Crippen LogP contribution in [0.2, 0.25) is 0 Å². The van der Waals surface area contributed by atoms with E-state index in [1.54, 1.807) is 17.2 Å². The monoisotopic (exact) mass is 477 g/mol. The summed E-state index contributed by atoms with van der Waals surface area (Å²) in [6, 6.07) is 13.1. The highest BCUT2D eigenvalue weighted by Crippen LogP contribution is 2.39. The first kappa shape index (κ1) is 23.6. The molecule has 0 bridgehead atoms. The standard InChI is InChI=1S/C25H27N5O3S/c1-15(31)27-20-12-16(10-11-26-20)22-23(28-17-8-6-5-7-9-17)21-18(29-22)13-30(14-19(21)32)24(33)34-25(2,3)4/h5-12,28-29H,13-14H2,1-4H3,(H,26,27,31). The van der Waals surface area contributed by atoms with Gasteiger partial charge >= 0.3 is 0 Å². The predicted octanol–water partition coefficient (Wildman–Crippen LogP) is 5.43. The van der Waals surface area contributed by atoms with Gasteiger partial charge in [-0.15, -0.1) is 0 Å². The maximum Gasteiger partial charge on any atom is 0.282 e. The molecule has 0 radical (unpaired) electrons. The zero-order chi connectivity index (χ0) is 24.5. The van der Waals surface area contributed by atoms with Crippen LogP contribution in [0.1, 0.15) is 43.7 Å². The number of hydrogen-bond acceptors (Lipinski definition) is 6. The number of rotatable bonds is 4. The van der Waals surface area contributed by atoms with Crippen LogP contribution in [0, 0.1) is 0 Å². The van der Waals surface area contributed by atoms with E-state index in [0.29, 0.717) is 35.0 Å². The molecule has 3 heterocycles. The van der Waals surface area contributed by atoms with Crippen molar-refractivity contribution in [3.8, 4) is 11.3 Å². The second-order valence-electron chi connectivity index (χ2n) is 9.09. The number of nitrogens with one attached hydrogen (secondary N) is 3. The van der Waals surface area contributed by atoms with Crippen LogP contribution in [0.25, 0.3) is 11.3 Å². The molecule has 4 rings (SSSR count). The van der Waals surface area contributed by atoms with Crippen LogP contribution in [0.5, 0.6) is 0 Å². The van der Waals surface area contributed by atoms with Gasteiger partial charge in [-0.2, -0.15) is 0 Å². The van der Waals surface area contributed by atoms with Gasteiger partial charge in [-0.25, -0.2) is 4.98 Å². The molecule has 1 aromatic carbocycles. The third kappa shape index (κ3) is 5.31. The highest BCUT2D eigenvalue weighted by molar-refractivity contribution is 8.14. The number of fused-ring (bicyclic) bond motifs is 1. The number of Topliss-reactive ketones (excluding diaryl/α,β-unsaturated/α-hetero) is 1. The van der Waals surface area contributed by atoms with Crippen LogP contribution in [0.4, 0.5) is 22.0 Å². The van der Waals surface area contributed by atoms with Crippen LogP contribution in [-0.4, -0.2) is 43.1 Å². The number of amides is 2. The molecule has 3 N–H and O–H groups in total. The van der Waals surface area contributed by atoms with Crippen LogP contribution < -0.4 is 10.6 Å². The zero-order valence-electron chi connectivity index (χ0n) is 19.6. The Bertz CT molecular complexity index is 1250. The van der Waals surface area contributed by atoms with Crippen molar-refractivity contribution in [1.82, 2.24) is 14.9 Å². The van der Waals surface area contributed by atoms with Gasteiger partial charge in [0.05, 0.1) is 30.0 Å². The second-order valence-corrected chi connectivity index (χ2v) is 10.9. The third-order valence-corrected chi connectivity index (χ3v) is 6.13. The fraction of sp³-hybridized carbons (Fsp3) is 0.280. The summed E-state index contributed by atoms with van der Waals surface area (Å²) in [5.41, 5.74) is 4.13. The Morgan fingerprint density at radius 2 is 1.85 bits per heavy atom. The predicted molar refractivity (Wildman–Crippen MR) is 136 cm³/mol. The Kier molecular flexibility index (Phi) is 6.47. The van der Waals surface area contributed by atoms with Crippen molar-refractivity contribution in [2.75, 3.05) is 17.2 Å². The number of anilines is 3. The fourth-order valence-electron chi connectivity index (χ4n) is 3.77. The molecule has 2 amide bonds. The van der Waals surface area contributed by atoms with Crippen LogP contribution in [-0.2, 0) is 11.3 Å². The van der Waals surface area contributed by atoms with Crippen molar-refractivity contribution in [3.63, 3.8) is 0 Å². The Balaban J connectivity index is 1.77. The Labute approximate surface area is 202 Å². The van der Waals surface area contributed by atoms with E-state index < -0.39 is 0 Å². The number of hydrogen-bond donors (Lipinski definition) is 3. The molecule has 0 spiro atoms. The maximum atomic E-state index is 13.3. The first-order valence-corrected chi connectivity index (χ1v) is 11.7. The molecule has 2 aromatic heterocycles. The SMILES string of the molecule is CC(=O)Nc1cc(-c2[nH]c3c(c2Nc2ccccc2)C(=O)CN(C(=O)SC(C)(C)C)C3)ccn1.